The van der Waals surface area contributed by atoms with Crippen molar-refractivity contribution in [2.45, 2.75) is 58.9 Å². The normalized spacial score (nSPS) is 19.6. The summed E-state index contributed by atoms with van der Waals surface area (Å²) in [6, 6.07) is -0.0410. The van der Waals surface area contributed by atoms with Crippen LogP contribution in [0.3, 0.4) is 0 Å². The van der Waals surface area contributed by atoms with E-state index in [1.807, 2.05) is 6.92 Å². The summed E-state index contributed by atoms with van der Waals surface area (Å²) in [6.45, 7) is 6.92. The Labute approximate surface area is 127 Å². The number of carbonyl (C=O) groups is 2. The topological polar surface area (TPSA) is 66.8 Å². The van der Waals surface area contributed by atoms with E-state index in [0.29, 0.717) is 13.0 Å². The summed E-state index contributed by atoms with van der Waals surface area (Å²) in [7, 11) is 0. The third-order valence-corrected chi connectivity index (χ3v) is 3.98. The lowest BCUT2D eigenvalue weighted by molar-refractivity contribution is -0.144. The SMILES string of the molecule is CCC[C@H]([C@@H](CC)C(=O)O)N1CCC/C1=C\C(=O)OCC. The van der Waals surface area contributed by atoms with Gasteiger partial charge in [-0.05, 0) is 32.6 Å². The van der Waals surface area contributed by atoms with Crippen LogP contribution in [0.5, 0.6) is 0 Å². The zero-order valence-electron chi connectivity index (χ0n) is 13.3. The molecule has 5 nitrogen and oxygen atoms in total. The molecule has 1 saturated heterocycles. The van der Waals surface area contributed by atoms with Gasteiger partial charge >= 0.3 is 11.9 Å². The molecule has 0 aromatic carbocycles. The number of likely N-dealkylation sites (tertiary alicyclic amines) is 1. The van der Waals surface area contributed by atoms with E-state index in [4.69, 9.17) is 4.74 Å². The molecule has 120 valence electrons. The minimum Gasteiger partial charge on any atom is -0.481 e. The van der Waals surface area contributed by atoms with Crippen LogP contribution in [-0.2, 0) is 14.3 Å². The summed E-state index contributed by atoms with van der Waals surface area (Å²) in [6.07, 6.45) is 5.66. The van der Waals surface area contributed by atoms with Gasteiger partial charge in [0.2, 0.25) is 0 Å². The number of hydrogen-bond donors (Lipinski definition) is 1. The first kappa shape index (κ1) is 17.5. The van der Waals surface area contributed by atoms with Crippen LogP contribution in [0.4, 0.5) is 0 Å². The van der Waals surface area contributed by atoms with Crippen molar-refractivity contribution in [2.75, 3.05) is 13.2 Å². The molecular weight excluding hydrogens is 270 g/mol. The first-order valence-electron chi connectivity index (χ1n) is 7.91. The number of carbonyl (C=O) groups excluding carboxylic acids is 1. The molecule has 1 fully saturated rings. The van der Waals surface area contributed by atoms with Gasteiger partial charge in [-0.3, -0.25) is 4.79 Å². The highest BCUT2D eigenvalue weighted by Gasteiger charge is 2.34. The summed E-state index contributed by atoms with van der Waals surface area (Å²) in [5.41, 5.74) is 0.923. The summed E-state index contributed by atoms with van der Waals surface area (Å²) in [4.78, 5) is 25.3. The van der Waals surface area contributed by atoms with E-state index in [1.165, 1.54) is 6.08 Å². The van der Waals surface area contributed by atoms with Crippen LogP contribution in [-0.4, -0.2) is 41.1 Å². The van der Waals surface area contributed by atoms with Crippen molar-refractivity contribution < 1.29 is 19.4 Å². The van der Waals surface area contributed by atoms with E-state index < -0.39 is 11.9 Å². The fourth-order valence-corrected chi connectivity index (χ4v) is 3.05. The van der Waals surface area contributed by atoms with E-state index in [0.717, 1.165) is 37.9 Å². The van der Waals surface area contributed by atoms with Gasteiger partial charge in [0.1, 0.15) is 0 Å². The smallest absolute Gasteiger partial charge is 0.332 e. The second-order valence-corrected chi connectivity index (χ2v) is 5.39. The number of carboxylic acids is 1. The molecule has 2 atom stereocenters. The second-order valence-electron chi connectivity index (χ2n) is 5.39. The van der Waals surface area contributed by atoms with Crippen LogP contribution in [0.2, 0.25) is 0 Å². The zero-order valence-corrected chi connectivity index (χ0v) is 13.3. The lowest BCUT2D eigenvalue weighted by Crippen LogP contribution is -2.41. The van der Waals surface area contributed by atoms with Crippen molar-refractivity contribution in [3.63, 3.8) is 0 Å². The molecular formula is C16H27NO4. The number of ether oxygens (including phenoxy) is 1. The quantitative estimate of drug-likeness (QED) is 0.551. The van der Waals surface area contributed by atoms with Crippen molar-refractivity contribution in [2.24, 2.45) is 5.92 Å². The van der Waals surface area contributed by atoms with Gasteiger partial charge in [-0.2, -0.15) is 0 Å². The lowest BCUT2D eigenvalue weighted by Gasteiger charge is -2.34. The first-order valence-corrected chi connectivity index (χ1v) is 7.91. The van der Waals surface area contributed by atoms with Gasteiger partial charge in [0.05, 0.1) is 12.5 Å². The van der Waals surface area contributed by atoms with Gasteiger partial charge in [-0.1, -0.05) is 20.3 Å². The van der Waals surface area contributed by atoms with E-state index in [9.17, 15) is 14.7 Å². The Morgan fingerprint density at radius 3 is 2.62 bits per heavy atom. The predicted octanol–water partition coefficient (Wildman–Crippen LogP) is 2.81. The Bertz CT molecular complexity index is 392. The fraction of sp³-hybridized carbons (Fsp3) is 0.750. The van der Waals surface area contributed by atoms with Crippen LogP contribution in [0, 0.1) is 5.92 Å². The van der Waals surface area contributed by atoms with Crippen LogP contribution < -0.4 is 0 Å². The minimum absolute atomic E-state index is 0.0410. The summed E-state index contributed by atoms with van der Waals surface area (Å²) < 4.78 is 4.97. The third kappa shape index (κ3) is 4.76. The van der Waals surface area contributed by atoms with E-state index in [-0.39, 0.29) is 12.0 Å². The molecule has 0 aliphatic carbocycles. The highest BCUT2D eigenvalue weighted by Crippen LogP contribution is 2.30. The van der Waals surface area contributed by atoms with Crippen LogP contribution >= 0.6 is 0 Å². The van der Waals surface area contributed by atoms with Crippen LogP contribution in [0.1, 0.15) is 52.9 Å². The average Bonchev–Trinajstić information content (AvgIpc) is 2.86. The maximum atomic E-state index is 11.7. The summed E-state index contributed by atoms with van der Waals surface area (Å²) >= 11 is 0. The Balaban J connectivity index is 2.94. The molecule has 0 amide bonds. The van der Waals surface area contributed by atoms with Crippen molar-refractivity contribution in [1.82, 2.24) is 4.90 Å². The van der Waals surface area contributed by atoms with E-state index in [1.54, 1.807) is 6.92 Å². The summed E-state index contributed by atoms with van der Waals surface area (Å²) in [5, 5.41) is 9.45. The number of esters is 1. The largest absolute Gasteiger partial charge is 0.481 e. The average molecular weight is 297 g/mol. The Hall–Kier alpha value is -1.52. The second kappa shape index (κ2) is 8.70. The highest BCUT2D eigenvalue weighted by molar-refractivity contribution is 5.82. The molecule has 0 spiro atoms. The van der Waals surface area contributed by atoms with E-state index in [2.05, 4.69) is 11.8 Å². The molecule has 1 heterocycles. The lowest BCUT2D eigenvalue weighted by atomic mass is 9.92. The molecule has 0 aromatic rings. The fourth-order valence-electron chi connectivity index (χ4n) is 3.05. The number of aliphatic carboxylic acids is 1. The molecule has 1 rings (SSSR count). The molecule has 1 aliphatic rings. The summed E-state index contributed by atoms with van der Waals surface area (Å²) in [5.74, 6) is -1.48. The standard InChI is InChI=1S/C16H27NO4/c1-4-8-14(13(5-2)16(19)20)17-10-7-9-12(17)11-15(18)21-6-3/h11,13-14H,4-10H2,1-3H3,(H,19,20)/b12-11+/t13-,14-/m1/s1. The monoisotopic (exact) mass is 297 g/mol. The molecule has 0 unspecified atom stereocenters. The molecule has 21 heavy (non-hydrogen) atoms. The number of rotatable bonds is 8. The van der Waals surface area contributed by atoms with Crippen molar-refractivity contribution >= 4 is 11.9 Å². The van der Waals surface area contributed by atoms with Crippen molar-refractivity contribution in [3.8, 4) is 0 Å². The zero-order chi connectivity index (χ0) is 15.8. The van der Waals surface area contributed by atoms with Gasteiger partial charge < -0.3 is 14.7 Å². The van der Waals surface area contributed by atoms with Crippen LogP contribution in [0.15, 0.2) is 11.8 Å². The molecule has 0 saturated carbocycles. The number of nitrogens with zero attached hydrogens (tertiary/aromatic N) is 1. The van der Waals surface area contributed by atoms with E-state index >= 15 is 0 Å². The van der Waals surface area contributed by atoms with Crippen molar-refractivity contribution in [1.29, 1.82) is 0 Å². The Kier molecular flexibility index (Phi) is 7.26. The number of allylic oxidation sites excluding steroid dienone is 1. The minimum atomic E-state index is -0.752. The Morgan fingerprint density at radius 2 is 2.10 bits per heavy atom. The Morgan fingerprint density at radius 1 is 1.38 bits per heavy atom. The molecule has 0 aromatic heterocycles. The highest BCUT2D eigenvalue weighted by atomic mass is 16.5. The van der Waals surface area contributed by atoms with Gasteiger partial charge in [-0.25, -0.2) is 4.79 Å². The van der Waals surface area contributed by atoms with Crippen LogP contribution in [0.25, 0.3) is 0 Å². The van der Waals surface area contributed by atoms with Gasteiger partial charge in [0, 0.05) is 24.4 Å². The maximum Gasteiger partial charge on any atom is 0.332 e. The first-order chi connectivity index (χ1) is 10.0. The third-order valence-electron chi connectivity index (χ3n) is 3.98. The molecule has 1 N–H and O–H groups in total. The van der Waals surface area contributed by atoms with Crippen molar-refractivity contribution in [3.05, 3.63) is 11.8 Å². The number of hydrogen-bond acceptors (Lipinski definition) is 4. The molecule has 0 bridgehead atoms. The molecule has 0 radical (unpaired) electrons. The number of carboxylic acid groups (broad SMARTS) is 1. The van der Waals surface area contributed by atoms with Gasteiger partial charge in [0.25, 0.3) is 0 Å². The van der Waals surface area contributed by atoms with Gasteiger partial charge in [-0.15, -0.1) is 0 Å². The molecule has 1 aliphatic heterocycles. The van der Waals surface area contributed by atoms with Gasteiger partial charge in [0.15, 0.2) is 0 Å². The maximum absolute atomic E-state index is 11.7. The molecule has 5 heteroatoms. The predicted molar refractivity (Wildman–Crippen MR) is 80.8 cm³/mol.